The van der Waals surface area contributed by atoms with E-state index in [9.17, 15) is 0 Å². The molecule has 1 atom stereocenters. The third kappa shape index (κ3) is 4.48. The summed E-state index contributed by atoms with van der Waals surface area (Å²) in [4.78, 5) is 2.48. The summed E-state index contributed by atoms with van der Waals surface area (Å²) in [5.41, 5.74) is 1.23. The lowest BCUT2D eigenvalue weighted by molar-refractivity contribution is 0.187. The molecule has 5 heteroatoms. The fraction of sp³-hybridized carbons (Fsp3) is 0.529. The summed E-state index contributed by atoms with van der Waals surface area (Å²) in [5.74, 6) is 1.49. The normalized spacial score (nSPS) is 19.0. The summed E-state index contributed by atoms with van der Waals surface area (Å²) in [7, 11) is 3.71. The summed E-state index contributed by atoms with van der Waals surface area (Å²) in [6.07, 6.45) is 4.23. The summed E-state index contributed by atoms with van der Waals surface area (Å²) >= 11 is 3.59. The van der Waals surface area contributed by atoms with Gasteiger partial charge < -0.3 is 14.8 Å². The van der Waals surface area contributed by atoms with E-state index in [2.05, 4.69) is 44.9 Å². The Bertz CT molecular complexity index is 508. The van der Waals surface area contributed by atoms with E-state index in [1.807, 2.05) is 7.05 Å². The molecule has 0 amide bonds. The van der Waals surface area contributed by atoms with Gasteiger partial charge in [0, 0.05) is 19.1 Å². The maximum atomic E-state index is 5.67. The minimum Gasteiger partial charge on any atom is -0.493 e. The van der Waals surface area contributed by atoms with Crippen molar-refractivity contribution in [2.24, 2.45) is 0 Å². The van der Waals surface area contributed by atoms with Crippen LogP contribution in [0.4, 0.5) is 0 Å². The van der Waals surface area contributed by atoms with Gasteiger partial charge in [-0.3, -0.25) is 4.90 Å². The Balaban J connectivity index is 2.11. The van der Waals surface area contributed by atoms with Crippen LogP contribution in [0.2, 0.25) is 0 Å². The molecule has 1 N–H and O–H groups in total. The number of benzene rings is 1. The molecular weight excluding hydrogens is 344 g/mol. The van der Waals surface area contributed by atoms with Crippen LogP contribution < -0.4 is 14.8 Å². The molecule has 0 aliphatic carbocycles. The van der Waals surface area contributed by atoms with Gasteiger partial charge in [0.25, 0.3) is 0 Å². The predicted octanol–water partition coefficient (Wildman–Crippen LogP) is 3.21. The van der Waals surface area contributed by atoms with Crippen LogP contribution in [0.25, 0.3) is 0 Å². The first-order valence-electron chi connectivity index (χ1n) is 7.67. The monoisotopic (exact) mass is 368 g/mol. The fourth-order valence-electron chi connectivity index (χ4n) is 2.84. The molecule has 1 aliphatic heterocycles. The van der Waals surface area contributed by atoms with Gasteiger partial charge in [-0.15, -0.1) is 0 Å². The molecule has 1 saturated heterocycles. The number of nitrogens with one attached hydrogen (secondary N) is 1. The number of rotatable bonds is 7. The molecular formula is C17H25BrN2O2. The van der Waals surface area contributed by atoms with E-state index in [-0.39, 0.29) is 0 Å². The number of halogens is 1. The molecule has 122 valence electrons. The van der Waals surface area contributed by atoms with E-state index in [0.29, 0.717) is 12.6 Å². The minimum absolute atomic E-state index is 0.463. The van der Waals surface area contributed by atoms with Gasteiger partial charge in [-0.1, -0.05) is 12.7 Å². The predicted molar refractivity (Wildman–Crippen MR) is 93.7 cm³/mol. The molecule has 1 fully saturated rings. The van der Waals surface area contributed by atoms with Crippen molar-refractivity contribution in [3.8, 4) is 11.5 Å². The highest BCUT2D eigenvalue weighted by Gasteiger charge is 2.19. The second-order valence-electron chi connectivity index (χ2n) is 5.57. The molecule has 0 saturated carbocycles. The summed E-state index contributed by atoms with van der Waals surface area (Å²) in [6.45, 7) is 7.30. The second-order valence-corrected chi connectivity index (χ2v) is 6.43. The van der Waals surface area contributed by atoms with Crippen LogP contribution in [-0.2, 0) is 6.54 Å². The quantitative estimate of drug-likeness (QED) is 0.749. The summed E-state index contributed by atoms with van der Waals surface area (Å²) < 4.78 is 12.1. The van der Waals surface area contributed by atoms with Gasteiger partial charge >= 0.3 is 0 Å². The van der Waals surface area contributed by atoms with Crippen LogP contribution in [0.5, 0.6) is 11.5 Å². The van der Waals surface area contributed by atoms with Crippen molar-refractivity contribution in [3.63, 3.8) is 0 Å². The Morgan fingerprint density at radius 2 is 2.32 bits per heavy atom. The SMILES string of the molecule is C=CCOc1c(Br)cc(CN2CCCC(NC)C2)cc1OC. The fourth-order valence-corrected chi connectivity index (χ4v) is 3.44. The highest BCUT2D eigenvalue weighted by molar-refractivity contribution is 9.10. The van der Waals surface area contributed by atoms with E-state index in [0.717, 1.165) is 35.6 Å². The van der Waals surface area contributed by atoms with Crippen LogP contribution in [-0.4, -0.2) is 44.8 Å². The lowest BCUT2D eigenvalue weighted by Crippen LogP contribution is -2.43. The Kier molecular flexibility index (Phi) is 6.73. The number of ether oxygens (including phenoxy) is 2. The first kappa shape index (κ1) is 17.3. The molecule has 0 aromatic heterocycles. The Labute approximate surface area is 141 Å². The second kappa shape index (κ2) is 8.56. The number of piperidine rings is 1. The van der Waals surface area contributed by atoms with Gasteiger partial charge in [-0.25, -0.2) is 0 Å². The zero-order valence-electron chi connectivity index (χ0n) is 13.4. The Hall–Kier alpha value is -1.04. The number of hydrogen-bond donors (Lipinski definition) is 1. The van der Waals surface area contributed by atoms with E-state index in [4.69, 9.17) is 9.47 Å². The van der Waals surface area contributed by atoms with Gasteiger partial charge in [0.1, 0.15) is 6.61 Å². The Morgan fingerprint density at radius 1 is 1.50 bits per heavy atom. The summed E-state index contributed by atoms with van der Waals surface area (Å²) in [6, 6.07) is 4.77. The third-order valence-corrected chi connectivity index (χ3v) is 4.54. The van der Waals surface area contributed by atoms with Crippen molar-refractivity contribution < 1.29 is 9.47 Å². The van der Waals surface area contributed by atoms with Crippen LogP contribution in [0.1, 0.15) is 18.4 Å². The van der Waals surface area contributed by atoms with Crippen molar-refractivity contribution in [3.05, 3.63) is 34.8 Å². The number of methoxy groups -OCH3 is 1. The number of hydrogen-bond acceptors (Lipinski definition) is 4. The molecule has 22 heavy (non-hydrogen) atoms. The molecule has 1 heterocycles. The average Bonchev–Trinajstić information content (AvgIpc) is 2.53. The average molecular weight is 369 g/mol. The van der Waals surface area contributed by atoms with Crippen LogP contribution >= 0.6 is 15.9 Å². The number of likely N-dealkylation sites (N-methyl/N-ethyl adjacent to an activating group) is 1. The maximum absolute atomic E-state index is 5.67. The van der Waals surface area contributed by atoms with Crippen LogP contribution in [0.3, 0.4) is 0 Å². The zero-order chi connectivity index (χ0) is 15.9. The van der Waals surface area contributed by atoms with Gasteiger partial charge in [0.2, 0.25) is 0 Å². The Morgan fingerprint density at radius 3 is 3.00 bits per heavy atom. The van der Waals surface area contributed by atoms with Crippen LogP contribution in [0, 0.1) is 0 Å². The van der Waals surface area contributed by atoms with Crippen molar-refractivity contribution in [2.45, 2.75) is 25.4 Å². The standard InChI is InChI=1S/C17H25BrN2O2/c1-4-8-22-17-15(18)9-13(10-16(17)21-3)11-20-7-5-6-14(12-20)19-2/h4,9-10,14,19H,1,5-8,11-12H2,2-3H3. The van der Waals surface area contributed by atoms with Crippen LogP contribution in [0.15, 0.2) is 29.3 Å². The van der Waals surface area contributed by atoms with E-state index in [1.54, 1.807) is 13.2 Å². The molecule has 4 nitrogen and oxygen atoms in total. The smallest absolute Gasteiger partial charge is 0.175 e. The number of nitrogens with zero attached hydrogens (tertiary/aromatic N) is 1. The van der Waals surface area contributed by atoms with E-state index in [1.165, 1.54) is 18.4 Å². The van der Waals surface area contributed by atoms with Crippen molar-refractivity contribution in [1.82, 2.24) is 10.2 Å². The van der Waals surface area contributed by atoms with Gasteiger partial charge in [-0.2, -0.15) is 0 Å². The van der Waals surface area contributed by atoms with Crippen molar-refractivity contribution >= 4 is 15.9 Å². The first-order valence-corrected chi connectivity index (χ1v) is 8.47. The zero-order valence-corrected chi connectivity index (χ0v) is 15.0. The molecule has 0 radical (unpaired) electrons. The lowest BCUT2D eigenvalue weighted by Gasteiger charge is -2.32. The topological polar surface area (TPSA) is 33.7 Å². The third-order valence-electron chi connectivity index (χ3n) is 3.95. The highest BCUT2D eigenvalue weighted by Crippen LogP contribution is 2.37. The molecule has 2 rings (SSSR count). The molecule has 0 spiro atoms. The first-order chi connectivity index (χ1) is 10.7. The molecule has 1 aromatic rings. The maximum Gasteiger partial charge on any atom is 0.175 e. The van der Waals surface area contributed by atoms with E-state index >= 15 is 0 Å². The van der Waals surface area contributed by atoms with E-state index < -0.39 is 0 Å². The van der Waals surface area contributed by atoms with Gasteiger partial charge in [0.15, 0.2) is 11.5 Å². The minimum atomic E-state index is 0.463. The van der Waals surface area contributed by atoms with Crippen molar-refractivity contribution in [2.75, 3.05) is 33.9 Å². The molecule has 1 unspecified atom stereocenters. The lowest BCUT2D eigenvalue weighted by atomic mass is 10.0. The largest absolute Gasteiger partial charge is 0.493 e. The summed E-state index contributed by atoms with van der Waals surface area (Å²) in [5, 5.41) is 3.38. The van der Waals surface area contributed by atoms with Crippen molar-refractivity contribution in [1.29, 1.82) is 0 Å². The highest BCUT2D eigenvalue weighted by atomic mass is 79.9. The van der Waals surface area contributed by atoms with Gasteiger partial charge in [0.05, 0.1) is 11.6 Å². The van der Waals surface area contributed by atoms with Gasteiger partial charge in [-0.05, 0) is 60.1 Å². The number of likely N-dealkylation sites (tertiary alicyclic amines) is 1. The molecule has 1 aromatic carbocycles. The molecule has 0 bridgehead atoms. The molecule has 1 aliphatic rings.